The first-order chi connectivity index (χ1) is 9.60. The van der Waals surface area contributed by atoms with Gasteiger partial charge >= 0.3 is 5.69 Å². The van der Waals surface area contributed by atoms with E-state index in [1.165, 1.54) is 10.8 Å². The van der Waals surface area contributed by atoms with Crippen molar-refractivity contribution in [2.24, 2.45) is 11.5 Å². The number of nitrogens with zero attached hydrogens (tertiary/aromatic N) is 2. The van der Waals surface area contributed by atoms with Crippen LogP contribution in [0.25, 0.3) is 0 Å². The molecule has 0 aliphatic heterocycles. The molecule has 0 atom stereocenters. The van der Waals surface area contributed by atoms with Gasteiger partial charge in [0.15, 0.2) is 0 Å². The van der Waals surface area contributed by atoms with Crippen LogP contribution in [0.2, 0.25) is 0 Å². The molecule has 110 valence electrons. The van der Waals surface area contributed by atoms with E-state index in [0.717, 1.165) is 36.7 Å². The summed E-state index contributed by atoms with van der Waals surface area (Å²) in [6.07, 6.45) is 5.85. The fourth-order valence-corrected chi connectivity index (χ4v) is 2.70. The summed E-state index contributed by atoms with van der Waals surface area (Å²) in [6, 6.07) is -0.146. The van der Waals surface area contributed by atoms with E-state index in [1.807, 2.05) is 0 Å². The Morgan fingerprint density at radius 3 is 2.40 bits per heavy atom. The molecule has 0 radical (unpaired) electrons. The smallest absolute Gasteiger partial charge is 0.326 e. The molecule has 0 unspecified atom stereocenters. The van der Waals surface area contributed by atoms with Gasteiger partial charge in [0.05, 0.1) is 6.54 Å². The van der Waals surface area contributed by atoms with E-state index in [2.05, 4.69) is 0 Å². The second-order valence-electron chi connectivity index (χ2n) is 5.08. The second-order valence-corrected chi connectivity index (χ2v) is 5.08. The maximum Gasteiger partial charge on any atom is 0.338 e. The first-order valence-electron chi connectivity index (χ1n) is 6.90. The highest BCUT2D eigenvalue weighted by atomic mass is 16.2. The SMILES string of the molecule is NCC(=O)n1cc(CN)c(=O)n(C2CCCCC2)c1=O. The summed E-state index contributed by atoms with van der Waals surface area (Å²) < 4.78 is 2.10. The molecule has 20 heavy (non-hydrogen) atoms. The van der Waals surface area contributed by atoms with Gasteiger partial charge in [-0.15, -0.1) is 0 Å². The highest BCUT2D eigenvalue weighted by Crippen LogP contribution is 2.25. The summed E-state index contributed by atoms with van der Waals surface area (Å²) in [6.45, 7) is -0.295. The molecule has 0 spiro atoms. The number of hydrogen-bond donors (Lipinski definition) is 2. The molecule has 1 fully saturated rings. The lowest BCUT2D eigenvalue weighted by Gasteiger charge is -2.24. The van der Waals surface area contributed by atoms with E-state index < -0.39 is 11.6 Å². The second kappa shape index (κ2) is 6.15. The maximum atomic E-state index is 12.4. The first kappa shape index (κ1) is 14.7. The van der Waals surface area contributed by atoms with Crippen molar-refractivity contribution in [3.63, 3.8) is 0 Å². The average molecular weight is 280 g/mol. The summed E-state index contributed by atoms with van der Waals surface area (Å²) in [7, 11) is 0. The van der Waals surface area contributed by atoms with E-state index in [0.29, 0.717) is 0 Å². The van der Waals surface area contributed by atoms with Crippen molar-refractivity contribution < 1.29 is 4.79 Å². The lowest BCUT2D eigenvalue weighted by molar-refractivity contribution is 0.0913. The number of carbonyl (C=O) groups excluding carboxylic acids is 1. The minimum Gasteiger partial charge on any atom is -0.326 e. The van der Waals surface area contributed by atoms with E-state index >= 15 is 0 Å². The first-order valence-corrected chi connectivity index (χ1v) is 6.90. The summed E-state index contributed by atoms with van der Waals surface area (Å²) in [5.74, 6) is -0.533. The number of hydrogen-bond acceptors (Lipinski definition) is 5. The van der Waals surface area contributed by atoms with Gasteiger partial charge in [0.2, 0.25) is 5.91 Å². The van der Waals surface area contributed by atoms with Crippen LogP contribution in [-0.4, -0.2) is 21.6 Å². The number of rotatable bonds is 3. The van der Waals surface area contributed by atoms with Crippen molar-refractivity contribution >= 4 is 5.91 Å². The van der Waals surface area contributed by atoms with Crippen LogP contribution < -0.4 is 22.7 Å². The van der Waals surface area contributed by atoms with Crippen LogP contribution in [0, 0.1) is 0 Å². The zero-order valence-corrected chi connectivity index (χ0v) is 11.4. The molecule has 1 aromatic heterocycles. The Morgan fingerprint density at radius 2 is 1.85 bits per heavy atom. The van der Waals surface area contributed by atoms with Crippen molar-refractivity contribution in [3.8, 4) is 0 Å². The molecule has 0 saturated heterocycles. The maximum absolute atomic E-state index is 12.4. The fourth-order valence-electron chi connectivity index (χ4n) is 2.70. The Hall–Kier alpha value is -1.73. The van der Waals surface area contributed by atoms with Gasteiger partial charge in [0, 0.05) is 24.3 Å². The molecular formula is C13H20N4O3. The van der Waals surface area contributed by atoms with E-state index in [-0.39, 0.29) is 30.3 Å². The van der Waals surface area contributed by atoms with Crippen LogP contribution in [0.5, 0.6) is 0 Å². The molecule has 1 aliphatic rings. The zero-order chi connectivity index (χ0) is 14.7. The molecule has 4 N–H and O–H groups in total. The minimum atomic E-state index is -0.602. The molecule has 1 aliphatic carbocycles. The third-order valence-corrected chi connectivity index (χ3v) is 3.79. The Labute approximate surface area is 116 Å². The normalized spacial score (nSPS) is 16.3. The molecule has 2 rings (SSSR count). The summed E-state index contributed by atoms with van der Waals surface area (Å²) in [4.78, 5) is 36.4. The topological polar surface area (TPSA) is 113 Å². The van der Waals surface area contributed by atoms with Gasteiger partial charge in [0.1, 0.15) is 0 Å². The molecule has 1 saturated carbocycles. The minimum absolute atomic E-state index is 0.0102. The molecule has 7 nitrogen and oxygen atoms in total. The summed E-state index contributed by atoms with van der Waals surface area (Å²) in [5.41, 5.74) is 10.1. The van der Waals surface area contributed by atoms with Crippen LogP contribution in [0.1, 0.15) is 48.5 Å². The lowest BCUT2D eigenvalue weighted by Crippen LogP contribution is -2.47. The van der Waals surface area contributed by atoms with Gasteiger partial charge in [-0.05, 0) is 12.8 Å². The quantitative estimate of drug-likeness (QED) is 0.780. The van der Waals surface area contributed by atoms with Gasteiger partial charge in [-0.25, -0.2) is 9.36 Å². The molecule has 1 aromatic rings. The molecule has 0 amide bonds. The fraction of sp³-hybridized carbons (Fsp3) is 0.615. The third-order valence-electron chi connectivity index (χ3n) is 3.79. The van der Waals surface area contributed by atoms with Crippen molar-refractivity contribution in [2.75, 3.05) is 6.54 Å². The zero-order valence-electron chi connectivity index (χ0n) is 11.4. The highest BCUT2D eigenvalue weighted by molar-refractivity contribution is 5.80. The lowest BCUT2D eigenvalue weighted by atomic mass is 9.95. The monoisotopic (exact) mass is 280 g/mol. The summed E-state index contributed by atoms with van der Waals surface area (Å²) >= 11 is 0. The van der Waals surface area contributed by atoms with Crippen LogP contribution in [0.3, 0.4) is 0 Å². The Morgan fingerprint density at radius 1 is 1.20 bits per heavy atom. The van der Waals surface area contributed by atoms with Crippen molar-refractivity contribution in [1.29, 1.82) is 0 Å². The highest BCUT2D eigenvalue weighted by Gasteiger charge is 2.22. The molecule has 1 heterocycles. The van der Waals surface area contributed by atoms with Crippen molar-refractivity contribution in [3.05, 3.63) is 32.6 Å². The molecule has 0 aromatic carbocycles. The largest absolute Gasteiger partial charge is 0.338 e. The number of nitrogens with two attached hydrogens (primary N) is 2. The number of carbonyl (C=O) groups is 1. The standard InChI is InChI=1S/C13H20N4O3/c14-6-9-8-16(11(18)7-15)13(20)17(12(9)19)10-4-2-1-3-5-10/h8,10H,1-7,14-15H2. The number of aromatic nitrogens is 2. The van der Waals surface area contributed by atoms with Gasteiger partial charge in [-0.1, -0.05) is 19.3 Å². The van der Waals surface area contributed by atoms with Gasteiger partial charge in [0.25, 0.3) is 5.56 Å². The third kappa shape index (κ3) is 2.59. The molecule has 7 heteroatoms. The van der Waals surface area contributed by atoms with Gasteiger partial charge in [-0.3, -0.25) is 14.2 Å². The Bertz CT molecular complexity index is 611. The Kier molecular flexibility index (Phi) is 4.51. The van der Waals surface area contributed by atoms with Crippen LogP contribution >= 0.6 is 0 Å². The summed E-state index contributed by atoms with van der Waals surface area (Å²) in [5, 5.41) is 0. The molecular weight excluding hydrogens is 260 g/mol. The van der Waals surface area contributed by atoms with Gasteiger partial charge < -0.3 is 11.5 Å². The van der Waals surface area contributed by atoms with Crippen LogP contribution in [-0.2, 0) is 6.54 Å². The predicted octanol–water partition coefficient (Wildman–Crippen LogP) is -0.427. The average Bonchev–Trinajstić information content (AvgIpc) is 2.48. The van der Waals surface area contributed by atoms with Crippen molar-refractivity contribution in [2.45, 2.75) is 44.7 Å². The van der Waals surface area contributed by atoms with E-state index in [9.17, 15) is 14.4 Å². The Balaban J connectivity index is 2.61. The van der Waals surface area contributed by atoms with Crippen molar-refractivity contribution in [1.82, 2.24) is 9.13 Å². The van der Waals surface area contributed by atoms with E-state index in [1.54, 1.807) is 0 Å². The van der Waals surface area contributed by atoms with Crippen LogP contribution in [0.15, 0.2) is 15.8 Å². The van der Waals surface area contributed by atoms with Gasteiger partial charge in [-0.2, -0.15) is 0 Å². The van der Waals surface area contributed by atoms with E-state index in [4.69, 9.17) is 11.5 Å². The molecule has 0 bridgehead atoms. The van der Waals surface area contributed by atoms with Crippen LogP contribution in [0.4, 0.5) is 0 Å². The predicted molar refractivity (Wildman–Crippen MR) is 74.7 cm³/mol.